The lowest BCUT2D eigenvalue weighted by Gasteiger charge is -2.19. The van der Waals surface area contributed by atoms with Gasteiger partial charge >= 0.3 is 0 Å². The highest BCUT2D eigenvalue weighted by molar-refractivity contribution is 5.98. The van der Waals surface area contributed by atoms with E-state index < -0.39 is 11.8 Å². The van der Waals surface area contributed by atoms with Gasteiger partial charge in [-0.2, -0.15) is 0 Å². The first-order chi connectivity index (χ1) is 7.56. The average molecular weight is 223 g/mol. The molecule has 1 heterocycles. The Morgan fingerprint density at radius 2 is 2.25 bits per heavy atom. The Hall–Kier alpha value is -2.11. The number of hydrogen-bond acceptors (Lipinski definition) is 4. The normalized spacial score (nSPS) is 9.81. The fourth-order valence-electron chi connectivity index (χ4n) is 1.25. The van der Waals surface area contributed by atoms with Crippen molar-refractivity contribution >= 4 is 11.8 Å². The molecule has 0 spiro atoms. The second-order valence-corrected chi connectivity index (χ2v) is 3.18. The minimum atomic E-state index is -0.594. The number of carbonyl (C=O) groups excluding carboxylic acids is 2. The number of nitrogens with zero attached hydrogens (tertiary/aromatic N) is 2. The quantitative estimate of drug-likeness (QED) is 0.734. The van der Waals surface area contributed by atoms with Gasteiger partial charge in [0.25, 0.3) is 5.91 Å². The molecular formula is C10H13N3O3. The topological polar surface area (TPSA) is 96.5 Å². The largest absolute Gasteiger partial charge is 0.505 e. The maximum Gasteiger partial charge on any atom is 0.258 e. The van der Waals surface area contributed by atoms with E-state index in [1.165, 1.54) is 23.4 Å². The molecule has 16 heavy (non-hydrogen) atoms. The second kappa shape index (κ2) is 5.11. The van der Waals surface area contributed by atoms with E-state index in [2.05, 4.69) is 4.98 Å². The number of hydrogen-bond donors (Lipinski definition) is 2. The lowest BCUT2D eigenvalue weighted by Crippen LogP contribution is -2.38. The lowest BCUT2D eigenvalue weighted by molar-refractivity contribution is -0.118. The minimum absolute atomic E-state index is 0.109. The molecule has 86 valence electrons. The molecule has 3 N–H and O–H groups in total. The highest BCUT2D eigenvalue weighted by Crippen LogP contribution is 2.16. The Morgan fingerprint density at radius 3 is 2.75 bits per heavy atom. The fraction of sp³-hybridized carbons (Fsp3) is 0.300. The molecule has 0 atom stereocenters. The SMILES string of the molecule is CCN(CC(N)=O)C(=O)c1ccncc1O. The number of nitrogens with two attached hydrogens (primary N) is 1. The molecule has 0 saturated carbocycles. The van der Waals surface area contributed by atoms with Crippen LogP contribution >= 0.6 is 0 Å². The van der Waals surface area contributed by atoms with E-state index in [1.54, 1.807) is 6.92 Å². The Morgan fingerprint density at radius 1 is 1.56 bits per heavy atom. The van der Waals surface area contributed by atoms with Gasteiger partial charge in [0.15, 0.2) is 0 Å². The molecule has 0 saturated heterocycles. The summed E-state index contributed by atoms with van der Waals surface area (Å²) < 4.78 is 0. The number of amides is 2. The van der Waals surface area contributed by atoms with Gasteiger partial charge in [-0.1, -0.05) is 0 Å². The molecule has 0 fully saturated rings. The molecule has 0 unspecified atom stereocenters. The average Bonchev–Trinajstić information content (AvgIpc) is 2.25. The Kier molecular flexibility index (Phi) is 3.82. The highest BCUT2D eigenvalue weighted by atomic mass is 16.3. The third-order valence-electron chi connectivity index (χ3n) is 2.05. The van der Waals surface area contributed by atoms with Crippen LogP contribution in [0.1, 0.15) is 17.3 Å². The molecule has 1 aromatic heterocycles. The molecule has 1 rings (SSSR count). The van der Waals surface area contributed by atoms with E-state index in [-0.39, 0.29) is 17.9 Å². The van der Waals surface area contributed by atoms with Crippen molar-refractivity contribution in [2.75, 3.05) is 13.1 Å². The summed E-state index contributed by atoms with van der Waals surface area (Å²) >= 11 is 0. The molecule has 0 aliphatic heterocycles. The van der Waals surface area contributed by atoms with Crippen LogP contribution in [0.4, 0.5) is 0 Å². The van der Waals surface area contributed by atoms with Gasteiger partial charge in [-0.25, -0.2) is 0 Å². The number of pyridine rings is 1. The van der Waals surface area contributed by atoms with E-state index in [0.717, 1.165) is 0 Å². The standard InChI is InChI=1S/C10H13N3O3/c1-2-13(6-9(11)15)10(16)7-3-4-12-5-8(7)14/h3-5,14H,2,6H2,1H3,(H2,11,15). The van der Waals surface area contributed by atoms with Crippen LogP contribution in [0.25, 0.3) is 0 Å². The first-order valence-electron chi connectivity index (χ1n) is 4.76. The number of carbonyl (C=O) groups is 2. The minimum Gasteiger partial charge on any atom is -0.505 e. The smallest absolute Gasteiger partial charge is 0.258 e. The molecule has 2 amide bonds. The molecule has 0 aliphatic carbocycles. The summed E-state index contributed by atoms with van der Waals surface area (Å²) in [5, 5.41) is 9.43. The van der Waals surface area contributed by atoms with Crippen LogP contribution in [-0.4, -0.2) is 39.9 Å². The maximum absolute atomic E-state index is 11.9. The molecule has 0 radical (unpaired) electrons. The highest BCUT2D eigenvalue weighted by Gasteiger charge is 2.18. The first kappa shape index (κ1) is 12.0. The Labute approximate surface area is 92.7 Å². The predicted molar refractivity (Wildman–Crippen MR) is 56.7 cm³/mol. The third-order valence-corrected chi connectivity index (χ3v) is 2.05. The van der Waals surface area contributed by atoms with Gasteiger partial charge in [-0.05, 0) is 13.0 Å². The molecule has 0 aromatic carbocycles. The lowest BCUT2D eigenvalue weighted by atomic mass is 10.2. The van der Waals surface area contributed by atoms with Crippen LogP contribution < -0.4 is 5.73 Å². The van der Waals surface area contributed by atoms with Crippen molar-refractivity contribution < 1.29 is 14.7 Å². The summed E-state index contributed by atoms with van der Waals surface area (Å²) in [6, 6.07) is 1.39. The summed E-state index contributed by atoms with van der Waals surface area (Å²) in [5.74, 6) is -1.25. The van der Waals surface area contributed by atoms with Crippen molar-refractivity contribution in [1.29, 1.82) is 0 Å². The zero-order valence-corrected chi connectivity index (χ0v) is 8.88. The monoisotopic (exact) mass is 223 g/mol. The van der Waals surface area contributed by atoms with Crippen molar-refractivity contribution in [2.24, 2.45) is 5.73 Å². The van der Waals surface area contributed by atoms with Gasteiger partial charge in [-0.15, -0.1) is 0 Å². The fourth-order valence-corrected chi connectivity index (χ4v) is 1.25. The molecule has 6 nitrogen and oxygen atoms in total. The summed E-state index contributed by atoms with van der Waals surface area (Å²) in [6.45, 7) is 1.89. The summed E-state index contributed by atoms with van der Waals surface area (Å²) in [7, 11) is 0. The van der Waals surface area contributed by atoms with E-state index in [4.69, 9.17) is 5.73 Å². The van der Waals surface area contributed by atoms with Gasteiger partial charge in [0.2, 0.25) is 5.91 Å². The molecule has 0 aliphatic rings. The first-order valence-corrected chi connectivity index (χ1v) is 4.76. The Balaban J connectivity index is 2.91. The van der Waals surface area contributed by atoms with Crippen LogP contribution in [0.2, 0.25) is 0 Å². The van der Waals surface area contributed by atoms with Crippen LogP contribution in [0.5, 0.6) is 5.75 Å². The number of primary amides is 1. The van der Waals surface area contributed by atoms with Gasteiger partial charge < -0.3 is 15.7 Å². The van der Waals surface area contributed by atoms with Crippen LogP contribution in [0, 0.1) is 0 Å². The number of aromatic nitrogens is 1. The van der Waals surface area contributed by atoms with E-state index in [9.17, 15) is 14.7 Å². The van der Waals surface area contributed by atoms with Gasteiger partial charge in [0.05, 0.1) is 18.3 Å². The number of rotatable bonds is 4. The van der Waals surface area contributed by atoms with Gasteiger partial charge in [0.1, 0.15) is 5.75 Å². The predicted octanol–water partition coefficient (Wildman–Crippen LogP) is -0.265. The maximum atomic E-state index is 11.9. The van der Waals surface area contributed by atoms with Crippen molar-refractivity contribution in [1.82, 2.24) is 9.88 Å². The third kappa shape index (κ3) is 2.69. The van der Waals surface area contributed by atoms with Crippen molar-refractivity contribution in [3.63, 3.8) is 0 Å². The summed E-state index contributed by atoms with van der Waals surface area (Å²) in [6.07, 6.45) is 2.57. The van der Waals surface area contributed by atoms with Crippen LogP contribution in [0.15, 0.2) is 18.5 Å². The van der Waals surface area contributed by atoms with Crippen molar-refractivity contribution in [3.8, 4) is 5.75 Å². The van der Waals surface area contributed by atoms with E-state index in [1.807, 2.05) is 0 Å². The van der Waals surface area contributed by atoms with Gasteiger partial charge in [0, 0.05) is 12.7 Å². The zero-order valence-electron chi connectivity index (χ0n) is 8.88. The number of likely N-dealkylation sites (N-methyl/N-ethyl adjacent to an activating group) is 1. The summed E-state index contributed by atoms with van der Waals surface area (Å²) in [5.41, 5.74) is 5.12. The van der Waals surface area contributed by atoms with E-state index >= 15 is 0 Å². The van der Waals surface area contributed by atoms with Crippen LogP contribution in [0.3, 0.4) is 0 Å². The molecular weight excluding hydrogens is 210 g/mol. The Bertz CT molecular complexity index is 406. The molecule has 1 aromatic rings. The zero-order chi connectivity index (χ0) is 12.1. The van der Waals surface area contributed by atoms with Crippen LogP contribution in [-0.2, 0) is 4.79 Å². The van der Waals surface area contributed by atoms with E-state index in [0.29, 0.717) is 6.54 Å². The number of aromatic hydroxyl groups is 1. The summed E-state index contributed by atoms with van der Waals surface area (Å²) in [4.78, 5) is 27.5. The molecule has 0 bridgehead atoms. The second-order valence-electron chi connectivity index (χ2n) is 3.18. The molecule has 6 heteroatoms. The van der Waals surface area contributed by atoms with Crippen molar-refractivity contribution in [2.45, 2.75) is 6.92 Å². The van der Waals surface area contributed by atoms with Gasteiger partial charge in [-0.3, -0.25) is 14.6 Å². The van der Waals surface area contributed by atoms with Crippen molar-refractivity contribution in [3.05, 3.63) is 24.0 Å².